The normalized spacial score (nSPS) is 16.5. The van der Waals surface area contributed by atoms with Gasteiger partial charge < -0.3 is 9.47 Å². The van der Waals surface area contributed by atoms with Crippen molar-refractivity contribution >= 4 is 28.4 Å². The molecule has 0 saturated heterocycles. The minimum absolute atomic E-state index is 0.121. The Balaban J connectivity index is 1.23. The fourth-order valence-electron chi connectivity index (χ4n) is 7.38. The summed E-state index contributed by atoms with van der Waals surface area (Å²) in [6, 6.07) is 57.4. The van der Waals surface area contributed by atoms with Crippen LogP contribution in [0.15, 0.2) is 164 Å². The molecule has 0 amide bonds. The molecule has 1 aliphatic carbocycles. The maximum atomic E-state index is 2.57. The van der Waals surface area contributed by atoms with Crippen molar-refractivity contribution in [3.05, 3.63) is 181 Å². The molecule has 2 nitrogen and oxygen atoms in total. The Hall–Kier alpha value is -5.60. The molecule has 9 rings (SSSR count). The number of anilines is 2. The first-order chi connectivity index (χ1) is 21.8. The van der Waals surface area contributed by atoms with Gasteiger partial charge >= 0.3 is 0 Å². The lowest BCUT2D eigenvalue weighted by Crippen LogP contribution is -2.26. The fraction of sp³-hybridized carbons (Fsp3) is 0.0476. The van der Waals surface area contributed by atoms with Gasteiger partial charge in [0, 0.05) is 33.9 Å². The summed E-state index contributed by atoms with van der Waals surface area (Å²) in [6.45, 7) is 0. The van der Waals surface area contributed by atoms with Crippen LogP contribution in [-0.4, -0.2) is 4.57 Å². The van der Waals surface area contributed by atoms with E-state index in [9.17, 15) is 0 Å². The summed E-state index contributed by atoms with van der Waals surface area (Å²) in [5.41, 5.74) is 13.9. The summed E-state index contributed by atoms with van der Waals surface area (Å²) >= 11 is 0. The fourth-order valence-corrected chi connectivity index (χ4v) is 7.38. The first-order valence-corrected chi connectivity index (χ1v) is 15.4. The van der Waals surface area contributed by atoms with E-state index in [1.807, 2.05) is 0 Å². The average molecular weight is 563 g/mol. The highest BCUT2D eigenvalue weighted by atomic mass is 15.2. The summed E-state index contributed by atoms with van der Waals surface area (Å²) in [6.07, 6.45) is 4.80. The Labute approximate surface area is 257 Å². The topological polar surface area (TPSA) is 8.17 Å². The summed E-state index contributed by atoms with van der Waals surface area (Å²) in [5, 5.41) is 1.29. The zero-order valence-electron chi connectivity index (χ0n) is 24.2. The SMILES string of the molecule is C1=CC2c3ccccc3N(c3ccc(-c4ccccc4)cc3)C2c2c1c1ccccc1n2-c1ccc(-c2ccccc2)cc1. The van der Waals surface area contributed by atoms with Crippen molar-refractivity contribution < 1.29 is 0 Å². The number of aromatic nitrogens is 1. The molecule has 2 heteroatoms. The molecule has 2 unspecified atom stereocenters. The van der Waals surface area contributed by atoms with Gasteiger partial charge in [-0.25, -0.2) is 0 Å². The summed E-state index contributed by atoms with van der Waals surface area (Å²) in [7, 11) is 0. The molecule has 44 heavy (non-hydrogen) atoms. The van der Waals surface area contributed by atoms with Crippen LogP contribution < -0.4 is 4.90 Å². The van der Waals surface area contributed by atoms with Crippen LogP contribution in [0.1, 0.15) is 28.8 Å². The van der Waals surface area contributed by atoms with Gasteiger partial charge in [0.15, 0.2) is 0 Å². The smallest absolute Gasteiger partial charge is 0.0856 e. The van der Waals surface area contributed by atoms with E-state index >= 15 is 0 Å². The third-order valence-corrected chi connectivity index (χ3v) is 9.36. The molecule has 1 aromatic heterocycles. The van der Waals surface area contributed by atoms with E-state index in [1.54, 1.807) is 0 Å². The van der Waals surface area contributed by atoms with Crippen molar-refractivity contribution in [2.75, 3.05) is 4.90 Å². The van der Waals surface area contributed by atoms with E-state index in [4.69, 9.17) is 0 Å². The number of hydrogen-bond donors (Lipinski definition) is 0. The monoisotopic (exact) mass is 562 g/mol. The van der Waals surface area contributed by atoms with Gasteiger partial charge in [-0.1, -0.05) is 133 Å². The van der Waals surface area contributed by atoms with Gasteiger partial charge in [0.2, 0.25) is 0 Å². The molecule has 1 aliphatic heterocycles. The Morgan fingerprint density at radius 3 is 1.68 bits per heavy atom. The number of para-hydroxylation sites is 2. The first kappa shape index (κ1) is 24.9. The second-order valence-corrected chi connectivity index (χ2v) is 11.7. The predicted molar refractivity (Wildman–Crippen MR) is 184 cm³/mol. The van der Waals surface area contributed by atoms with Crippen LogP contribution in [0, 0.1) is 0 Å². The number of fused-ring (bicyclic) bond motifs is 7. The molecule has 208 valence electrons. The van der Waals surface area contributed by atoms with Gasteiger partial charge in [0.05, 0.1) is 17.3 Å². The van der Waals surface area contributed by atoms with Gasteiger partial charge in [-0.15, -0.1) is 0 Å². The van der Waals surface area contributed by atoms with Gasteiger partial charge in [0.1, 0.15) is 0 Å². The van der Waals surface area contributed by atoms with Crippen molar-refractivity contribution in [3.8, 4) is 27.9 Å². The lowest BCUT2D eigenvalue weighted by Gasteiger charge is -2.33. The molecule has 0 fully saturated rings. The Bertz CT molecular complexity index is 2150. The highest BCUT2D eigenvalue weighted by molar-refractivity contribution is 5.95. The van der Waals surface area contributed by atoms with Crippen molar-refractivity contribution in [2.24, 2.45) is 0 Å². The molecule has 0 bridgehead atoms. The van der Waals surface area contributed by atoms with Crippen molar-refractivity contribution in [1.29, 1.82) is 0 Å². The van der Waals surface area contributed by atoms with Crippen molar-refractivity contribution in [3.63, 3.8) is 0 Å². The lowest BCUT2D eigenvalue weighted by atomic mass is 9.86. The molecule has 0 spiro atoms. The summed E-state index contributed by atoms with van der Waals surface area (Å²) in [5.74, 6) is 0.249. The van der Waals surface area contributed by atoms with E-state index in [0.717, 1.165) is 0 Å². The zero-order chi connectivity index (χ0) is 29.0. The van der Waals surface area contributed by atoms with Crippen LogP contribution in [0.3, 0.4) is 0 Å². The van der Waals surface area contributed by atoms with Gasteiger partial charge in [-0.3, -0.25) is 0 Å². The van der Waals surface area contributed by atoms with E-state index in [0.29, 0.717) is 0 Å². The Morgan fingerprint density at radius 1 is 0.455 bits per heavy atom. The van der Waals surface area contributed by atoms with Crippen LogP contribution in [0.25, 0.3) is 44.9 Å². The van der Waals surface area contributed by atoms with Crippen LogP contribution in [0.4, 0.5) is 11.4 Å². The number of rotatable bonds is 4. The predicted octanol–water partition coefficient (Wildman–Crippen LogP) is 11.0. The second kappa shape index (κ2) is 10.00. The molecule has 0 N–H and O–H groups in total. The molecule has 7 aromatic rings. The maximum absolute atomic E-state index is 2.57. The molecule has 2 atom stereocenters. The molecule has 0 saturated carbocycles. The second-order valence-electron chi connectivity index (χ2n) is 11.7. The van der Waals surface area contributed by atoms with Gasteiger partial charge in [0.25, 0.3) is 0 Å². The molecular weight excluding hydrogens is 532 g/mol. The van der Waals surface area contributed by atoms with E-state index in [-0.39, 0.29) is 12.0 Å². The number of hydrogen-bond acceptors (Lipinski definition) is 1. The largest absolute Gasteiger partial charge is 0.331 e. The van der Waals surface area contributed by atoms with Gasteiger partial charge in [-0.2, -0.15) is 0 Å². The number of benzene rings is 6. The first-order valence-electron chi connectivity index (χ1n) is 15.4. The third kappa shape index (κ3) is 3.81. The summed E-state index contributed by atoms with van der Waals surface area (Å²) < 4.78 is 2.51. The lowest BCUT2D eigenvalue weighted by molar-refractivity contribution is 0.636. The highest BCUT2D eigenvalue weighted by Gasteiger charge is 2.44. The standard InChI is InChI=1S/C42H30N2/c1-3-11-29(12-4-1)31-19-23-33(24-20-31)43-39-17-9-7-15-35(39)37-27-28-38-36-16-8-10-18-40(36)44(42(38)41(37)43)34-25-21-32(22-26-34)30-13-5-2-6-14-30/h1-28,37,41H. The number of nitrogens with zero attached hydrogens (tertiary/aromatic N) is 2. The maximum Gasteiger partial charge on any atom is 0.0856 e. The van der Waals surface area contributed by atoms with Gasteiger partial charge in [-0.05, 0) is 64.2 Å². The highest BCUT2D eigenvalue weighted by Crippen LogP contribution is 2.57. The average Bonchev–Trinajstić information content (AvgIpc) is 3.62. The summed E-state index contributed by atoms with van der Waals surface area (Å²) in [4.78, 5) is 2.57. The van der Waals surface area contributed by atoms with Crippen LogP contribution in [-0.2, 0) is 0 Å². The molecule has 2 heterocycles. The third-order valence-electron chi connectivity index (χ3n) is 9.36. The van der Waals surface area contributed by atoms with Crippen molar-refractivity contribution in [2.45, 2.75) is 12.0 Å². The van der Waals surface area contributed by atoms with E-state index < -0.39 is 0 Å². The van der Waals surface area contributed by atoms with Crippen LogP contribution in [0.2, 0.25) is 0 Å². The molecular formula is C42H30N2. The van der Waals surface area contributed by atoms with Crippen LogP contribution in [0.5, 0.6) is 0 Å². The zero-order valence-corrected chi connectivity index (χ0v) is 24.2. The Morgan fingerprint density at radius 2 is 1.00 bits per heavy atom. The van der Waals surface area contributed by atoms with E-state index in [2.05, 4.69) is 179 Å². The Kier molecular flexibility index (Phi) is 5.67. The molecule has 0 radical (unpaired) electrons. The van der Waals surface area contributed by atoms with Crippen LogP contribution >= 0.6 is 0 Å². The molecule has 2 aliphatic rings. The minimum Gasteiger partial charge on any atom is -0.331 e. The van der Waals surface area contributed by atoms with Crippen molar-refractivity contribution in [1.82, 2.24) is 4.57 Å². The quantitative estimate of drug-likeness (QED) is 0.207. The van der Waals surface area contributed by atoms with E-state index in [1.165, 1.54) is 67.0 Å². The minimum atomic E-state index is 0.121. The molecule has 6 aromatic carbocycles.